The van der Waals surface area contributed by atoms with Crippen molar-refractivity contribution in [2.75, 3.05) is 0 Å². The minimum atomic E-state index is -0.429. The van der Waals surface area contributed by atoms with Gasteiger partial charge in [-0.05, 0) is 44.0 Å². The molecule has 1 rings (SSSR count). The van der Waals surface area contributed by atoms with Gasteiger partial charge in [0, 0.05) is 5.54 Å². The van der Waals surface area contributed by atoms with Crippen LogP contribution in [0.1, 0.15) is 25.0 Å². The van der Waals surface area contributed by atoms with Gasteiger partial charge in [0.25, 0.3) is 0 Å². The van der Waals surface area contributed by atoms with Gasteiger partial charge in [-0.1, -0.05) is 11.6 Å². The first kappa shape index (κ1) is 10.4. The molecule has 0 amide bonds. The molecular formula is C10H14ClNO. The summed E-state index contributed by atoms with van der Waals surface area (Å²) in [5.41, 5.74) is 7.41. The van der Waals surface area contributed by atoms with Crippen molar-refractivity contribution in [1.29, 1.82) is 0 Å². The van der Waals surface area contributed by atoms with Crippen LogP contribution in [-0.4, -0.2) is 5.11 Å². The van der Waals surface area contributed by atoms with Crippen LogP contribution in [0.4, 0.5) is 0 Å². The van der Waals surface area contributed by atoms with E-state index in [0.717, 1.165) is 11.1 Å². The molecule has 1 aromatic carbocycles. The highest BCUT2D eigenvalue weighted by atomic mass is 35.5. The Balaban J connectivity index is 3.32. The lowest BCUT2D eigenvalue weighted by molar-refractivity contribution is 0.473. The van der Waals surface area contributed by atoms with Gasteiger partial charge in [-0.3, -0.25) is 0 Å². The summed E-state index contributed by atoms with van der Waals surface area (Å²) >= 11 is 5.79. The number of nitrogens with two attached hydrogens (primary N) is 1. The Labute approximate surface area is 83.3 Å². The number of phenols is 1. The molecule has 0 heterocycles. The zero-order valence-electron chi connectivity index (χ0n) is 8.06. The molecule has 2 nitrogen and oxygen atoms in total. The summed E-state index contributed by atoms with van der Waals surface area (Å²) < 4.78 is 0. The quantitative estimate of drug-likeness (QED) is 0.730. The fourth-order valence-corrected chi connectivity index (χ4v) is 1.52. The molecule has 0 atom stereocenters. The largest absolute Gasteiger partial charge is 0.506 e. The molecule has 0 unspecified atom stereocenters. The predicted molar refractivity (Wildman–Crippen MR) is 55.1 cm³/mol. The first-order valence-corrected chi connectivity index (χ1v) is 4.48. The van der Waals surface area contributed by atoms with Crippen LogP contribution in [0.3, 0.4) is 0 Å². The van der Waals surface area contributed by atoms with Crippen LogP contribution in [-0.2, 0) is 5.54 Å². The molecule has 0 aromatic heterocycles. The third-order valence-corrected chi connectivity index (χ3v) is 2.29. The molecule has 13 heavy (non-hydrogen) atoms. The van der Waals surface area contributed by atoms with Gasteiger partial charge in [-0.2, -0.15) is 0 Å². The van der Waals surface area contributed by atoms with Crippen LogP contribution < -0.4 is 5.73 Å². The molecule has 72 valence electrons. The molecule has 0 aliphatic heterocycles. The number of halogens is 1. The Morgan fingerprint density at radius 1 is 1.38 bits per heavy atom. The van der Waals surface area contributed by atoms with Crippen LogP contribution in [0.2, 0.25) is 5.02 Å². The van der Waals surface area contributed by atoms with Crippen molar-refractivity contribution in [2.24, 2.45) is 5.73 Å². The zero-order valence-corrected chi connectivity index (χ0v) is 8.81. The second-order valence-corrected chi connectivity index (χ2v) is 4.25. The summed E-state index contributed by atoms with van der Waals surface area (Å²) in [6.45, 7) is 5.71. The predicted octanol–water partition coefficient (Wildman–Crippen LogP) is 2.55. The summed E-state index contributed by atoms with van der Waals surface area (Å²) in [7, 11) is 0. The van der Waals surface area contributed by atoms with Crippen LogP contribution in [0, 0.1) is 6.92 Å². The van der Waals surface area contributed by atoms with Gasteiger partial charge in [0.15, 0.2) is 0 Å². The third-order valence-electron chi connectivity index (χ3n) is 1.99. The SMILES string of the molecule is Cc1cc(O)c(Cl)cc1C(C)(C)N. The lowest BCUT2D eigenvalue weighted by Gasteiger charge is -2.22. The summed E-state index contributed by atoms with van der Waals surface area (Å²) in [6.07, 6.45) is 0. The number of phenolic OH excluding ortho intramolecular Hbond substituents is 1. The summed E-state index contributed by atoms with van der Waals surface area (Å²) in [4.78, 5) is 0. The van der Waals surface area contributed by atoms with Crippen LogP contribution in [0.25, 0.3) is 0 Å². The summed E-state index contributed by atoms with van der Waals surface area (Å²) in [6, 6.07) is 3.35. The van der Waals surface area contributed by atoms with Crippen molar-refractivity contribution in [1.82, 2.24) is 0 Å². The average Bonchev–Trinajstić information content (AvgIpc) is 1.94. The molecule has 0 bridgehead atoms. The Hall–Kier alpha value is -0.730. The minimum absolute atomic E-state index is 0.104. The van der Waals surface area contributed by atoms with Gasteiger partial charge in [-0.15, -0.1) is 0 Å². The van der Waals surface area contributed by atoms with E-state index in [1.165, 1.54) is 0 Å². The van der Waals surface area contributed by atoms with E-state index >= 15 is 0 Å². The first-order valence-electron chi connectivity index (χ1n) is 4.11. The van der Waals surface area contributed by atoms with Crippen LogP contribution >= 0.6 is 11.6 Å². The lowest BCUT2D eigenvalue weighted by Crippen LogP contribution is -2.29. The molecule has 0 saturated carbocycles. The van der Waals surface area contributed by atoms with Crippen molar-refractivity contribution >= 4 is 11.6 Å². The van der Waals surface area contributed by atoms with Gasteiger partial charge >= 0.3 is 0 Å². The fraction of sp³-hybridized carbons (Fsp3) is 0.400. The molecule has 0 spiro atoms. The van der Waals surface area contributed by atoms with E-state index in [0.29, 0.717) is 5.02 Å². The van der Waals surface area contributed by atoms with Crippen LogP contribution in [0.5, 0.6) is 5.75 Å². The highest BCUT2D eigenvalue weighted by Gasteiger charge is 2.18. The van der Waals surface area contributed by atoms with E-state index in [4.69, 9.17) is 17.3 Å². The first-order chi connectivity index (χ1) is 5.82. The number of benzene rings is 1. The molecule has 0 radical (unpaired) electrons. The molecule has 0 saturated heterocycles. The average molecular weight is 200 g/mol. The van der Waals surface area contributed by atoms with Gasteiger partial charge in [-0.25, -0.2) is 0 Å². The monoisotopic (exact) mass is 199 g/mol. The standard InChI is InChI=1S/C10H14ClNO/c1-6-4-9(13)8(11)5-7(6)10(2,3)12/h4-5,13H,12H2,1-3H3. The topological polar surface area (TPSA) is 46.2 Å². The number of aromatic hydroxyl groups is 1. The summed E-state index contributed by atoms with van der Waals surface area (Å²) in [5, 5.41) is 9.66. The third kappa shape index (κ3) is 2.14. The normalized spacial score (nSPS) is 11.8. The molecule has 0 fully saturated rings. The van der Waals surface area contributed by atoms with Gasteiger partial charge in [0.05, 0.1) is 5.02 Å². The Kier molecular flexibility index (Phi) is 2.55. The maximum absolute atomic E-state index is 9.32. The van der Waals surface area contributed by atoms with Crippen molar-refractivity contribution < 1.29 is 5.11 Å². The highest BCUT2D eigenvalue weighted by molar-refractivity contribution is 6.32. The van der Waals surface area contributed by atoms with E-state index < -0.39 is 5.54 Å². The van der Waals surface area contributed by atoms with Crippen molar-refractivity contribution in [3.05, 3.63) is 28.3 Å². The van der Waals surface area contributed by atoms with Gasteiger partial charge in [0.1, 0.15) is 5.75 Å². The molecule has 1 aromatic rings. The fourth-order valence-electron chi connectivity index (χ4n) is 1.36. The Bertz CT molecular complexity index is 328. The number of aryl methyl sites for hydroxylation is 1. The zero-order chi connectivity index (χ0) is 10.2. The smallest absolute Gasteiger partial charge is 0.134 e. The maximum Gasteiger partial charge on any atom is 0.134 e. The maximum atomic E-state index is 9.32. The van der Waals surface area contributed by atoms with E-state index in [1.807, 2.05) is 20.8 Å². The second-order valence-electron chi connectivity index (χ2n) is 3.84. The van der Waals surface area contributed by atoms with Crippen molar-refractivity contribution in [3.63, 3.8) is 0 Å². The number of hydrogen-bond acceptors (Lipinski definition) is 2. The summed E-state index contributed by atoms with van der Waals surface area (Å²) in [5.74, 6) is 0.104. The lowest BCUT2D eigenvalue weighted by atomic mass is 9.91. The molecule has 3 N–H and O–H groups in total. The molecule has 3 heteroatoms. The van der Waals surface area contributed by atoms with Crippen molar-refractivity contribution in [2.45, 2.75) is 26.3 Å². The van der Waals surface area contributed by atoms with E-state index in [9.17, 15) is 5.11 Å². The molecular weight excluding hydrogens is 186 g/mol. The number of hydrogen-bond donors (Lipinski definition) is 2. The van der Waals surface area contributed by atoms with Crippen molar-refractivity contribution in [3.8, 4) is 5.75 Å². The van der Waals surface area contributed by atoms with Gasteiger partial charge < -0.3 is 10.8 Å². The van der Waals surface area contributed by atoms with Gasteiger partial charge in [0.2, 0.25) is 0 Å². The van der Waals surface area contributed by atoms with E-state index in [-0.39, 0.29) is 5.75 Å². The van der Waals surface area contributed by atoms with E-state index in [1.54, 1.807) is 12.1 Å². The number of rotatable bonds is 1. The van der Waals surface area contributed by atoms with E-state index in [2.05, 4.69) is 0 Å². The minimum Gasteiger partial charge on any atom is -0.506 e. The Morgan fingerprint density at radius 3 is 2.38 bits per heavy atom. The molecule has 0 aliphatic carbocycles. The Morgan fingerprint density at radius 2 is 1.92 bits per heavy atom. The highest BCUT2D eigenvalue weighted by Crippen LogP contribution is 2.31. The second kappa shape index (κ2) is 3.20. The van der Waals surface area contributed by atoms with Crippen LogP contribution in [0.15, 0.2) is 12.1 Å². The molecule has 0 aliphatic rings.